The second-order valence-electron chi connectivity index (χ2n) is 7.76. The number of hydrogen-bond donors (Lipinski definition) is 1. The summed E-state index contributed by atoms with van der Waals surface area (Å²) in [5.74, 6) is 0.376. The number of nitro groups is 2. The minimum Gasteiger partial charge on any atom is -0.490 e. The summed E-state index contributed by atoms with van der Waals surface area (Å²) in [5.41, 5.74) is 3.93. The molecule has 0 unspecified atom stereocenters. The maximum atomic E-state index is 12.1. The zero-order valence-corrected chi connectivity index (χ0v) is 20.3. The number of nitrogens with zero attached hydrogens (tertiary/aromatic N) is 3. The molecule has 0 saturated heterocycles. The number of carbonyl (C=O) groups is 1. The molecule has 1 N–H and O–H groups in total. The molecule has 0 aromatic heterocycles. The Hall–Kier alpha value is -5.00. The molecule has 37 heavy (non-hydrogen) atoms. The van der Waals surface area contributed by atoms with Crippen LogP contribution in [0.2, 0.25) is 0 Å². The number of rotatable bonds is 11. The Morgan fingerprint density at radius 3 is 2.32 bits per heavy atom. The predicted molar refractivity (Wildman–Crippen MR) is 135 cm³/mol. The van der Waals surface area contributed by atoms with E-state index >= 15 is 0 Å². The molecule has 0 radical (unpaired) electrons. The summed E-state index contributed by atoms with van der Waals surface area (Å²) in [4.78, 5) is 32.9. The van der Waals surface area contributed by atoms with Crippen LogP contribution < -0.4 is 19.6 Å². The van der Waals surface area contributed by atoms with E-state index in [1.54, 1.807) is 25.1 Å². The van der Waals surface area contributed by atoms with Crippen LogP contribution in [0.1, 0.15) is 23.6 Å². The van der Waals surface area contributed by atoms with E-state index in [9.17, 15) is 25.0 Å². The first-order valence-electron chi connectivity index (χ1n) is 11.1. The van der Waals surface area contributed by atoms with Crippen molar-refractivity contribution in [2.45, 2.75) is 20.8 Å². The van der Waals surface area contributed by atoms with Gasteiger partial charge in [0.2, 0.25) is 5.75 Å². The van der Waals surface area contributed by atoms with E-state index in [1.165, 1.54) is 12.3 Å². The fourth-order valence-electron chi connectivity index (χ4n) is 3.24. The Kier molecular flexibility index (Phi) is 8.71. The second kappa shape index (κ2) is 12.1. The van der Waals surface area contributed by atoms with Gasteiger partial charge in [0.1, 0.15) is 5.75 Å². The molecule has 0 aliphatic rings. The van der Waals surface area contributed by atoms with Crippen molar-refractivity contribution in [1.82, 2.24) is 5.43 Å². The van der Waals surface area contributed by atoms with E-state index in [0.29, 0.717) is 11.3 Å². The minimum absolute atomic E-state index is 0.154. The summed E-state index contributed by atoms with van der Waals surface area (Å²) >= 11 is 0. The van der Waals surface area contributed by atoms with Gasteiger partial charge in [-0.1, -0.05) is 17.7 Å². The fraction of sp³-hybridized carbons (Fsp3) is 0.200. The van der Waals surface area contributed by atoms with Crippen LogP contribution in [-0.2, 0) is 4.79 Å². The first-order chi connectivity index (χ1) is 17.7. The Labute approximate surface area is 211 Å². The number of benzene rings is 3. The zero-order valence-electron chi connectivity index (χ0n) is 20.3. The smallest absolute Gasteiger partial charge is 0.318 e. The highest BCUT2D eigenvalue weighted by Crippen LogP contribution is 2.38. The van der Waals surface area contributed by atoms with Crippen molar-refractivity contribution in [3.63, 3.8) is 0 Å². The van der Waals surface area contributed by atoms with Gasteiger partial charge in [-0.2, -0.15) is 5.10 Å². The van der Waals surface area contributed by atoms with Gasteiger partial charge in [-0.25, -0.2) is 5.43 Å². The Morgan fingerprint density at radius 2 is 1.65 bits per heavy atom. The topological polar surface area (TPSA) is 155 Å². The van der Waals surface area contributed by atoms with Gasteiger partial charge in [0.15, 0.2) is 18.1 Å². The van der Waals surface area contributed by atoms with Crippen molar-refractivity contribution >= 4 is 23.5 Å². The summed E-state index contributed by atoms with van der Waals surface area (Å²) in [6.07, 6.45) is 1.38. The lowest BCUT2D eigenvalue weighted by molar-refractivity contribution is -0.394. The molecule has 1 amide bonds. The summed E-state index contributed by atoms with van der Waals surface area (Å²) in [6, 6.07) is 13.4. The number of amides is 1. The summed E-state index contributed by atoms with van der Waals surface area (Å²) in [7, 11) is 0. The van der Waals surface area contributed by atoms with Crippen LogP contribution in [0.25, 0.3) is 0 Å². The van der Waals surface area contributed by atoms with E-state index in [4.69, 9.17) is 14.2 Å². The van der Waals surface area contributed by atoms with Gasteiger partial charge >= 0.3 is 5.69 Å². The third-order valence-corrected chi connectivity index (χ3v) is 4.93. The molecule has 0 atom stereocenters. The highest BCUT2D eigenvalue weighted by molar-refractivity contribution is 5.83. The monoisotopic (exact) mass is 508 g/mol. The molecule has 0 bridgehead atoms. The molecule has 0 aliphatic carbocycles. The molecule has 3 aromatic carbocycles. The lowest BCUT2D eigenvalue weighted by Gasteiger charge is -2.12. The van der Waals surface area contributed by atoms with Crippen molar-refractivity contribution in [1.29, 1.82) is 0 Å². The molecule has 0 aliphatic heterocycles. The molecule has 3 rings (SSSR count). The maximum Gasteiger partial charge on any atom is 0.318 e. The SMILES string of the molecule is CCOc1cc(/C=N\NC(=O)COc2ccc(C)cc2C)ccc1Oc1ccc([N+](=O)[O-])cc1[N+](=O)[O-]. The summed E-state index contributed by atoms with van der Waals surface area (Å²) in [5, 5.41) is 26.3. The normalized spacial score (nSPS) is 10.7. The quantitative estimate of drug-likeness (QED) is 0.219. The predicted octanol–water partition coefficient (Wildman–Crippen LogP) is 4.84. The first-order valence-corrected chi connectivity index (χ1v) is 11.1. The highest BCUT2D eigenvalue weighted by Gasteiger charge is 2.22. The third kappa shape index (κ3) is 7.24. The van der Waals surface area contributed by atoms with Crippen molar-refractivity contribution in [2.24, 2.45) is 5.10 Å². The number of hydrazone groups is 1. The van der Waals surface area contributed by atoms with E-state index in [1.807, 2.05) is 26.0 Å². The van der Waals surface area contributed by atoms with Gasteiger partial charge in [0.05, 0.1) is 28.7 Å². The molecule has 12 heteroatoms. The lowest BCUT2D eigenvalue weighted by atomic mass is 10.1. The number of hydrogen-bond acceptors (Lipinski definition) is 9. The highest BCUT2D eigenvalue weighted by atomic mass is 16.6. The Bertz CT molecular complexity index is 1360. The van der Waals surface area contributed by atoms with Crippen molar-refractivity contribution < 1.29 is 28.9 Å². The van der Waals surface area contributed by atoms with Crippen LogP contribution in [0.4, 0.5) is 11.4 Å². The van der Waals surface area contributed by atoms with Gasteiger partial charge < -0.3 is 14.2 Å². The Morgan fingerprint density at radius 1 is 0.919 bits per heavy atom. The number of nitrogens with one attached hydrogen (secondary N) is 1. The van der Waals surface area contributed by atoms with Gasteiger partial charge in [0, 0.05) is 6.07 Å². The molecule has 192 valence electrons. The average Bonchev–Trinajstić information content (AvgIpc) is 2.85. The van der Waals surface area contributed by atoms with Crippen LogP contribution in [0, 0.1) is 34.1 Å². The largest absolute Gasteiger partial charge is 0.490 e. The van der Waals surface area contributed by atoms with Crippen LogP contribution in [0.15, 0.2) is 59.7 Å². The van der Waals surface area contributed by atoms with Gasteiger partial charge in [-0.15, -0.1) is 0 Å². The minimum atomic E-state index is -0.768. The van der Waals surface area contributed by atoms with E-state index in [0.717, 1.165) is 29.3 Å². The average molecular weight is 508 g/mol. The van der Waals surface area contributed by atoms with Crippen LogP contribution in [0.5, 0.6) is 23.0 Å². The van der Waals surface area contributed by atoms with Gasteiger partial charge in [0.25, 0.3) is 11.6 Å². The first kappa shape index (κ1) is 26.6. The van der Waals surface area contributed by atoms with Crippen LogP contribution in [-0.4, -0.2) is 35.2 Å². The maximum absolute atomic E-state index is 12.1. The standard InChI is InChI=1S/C25H24N4O8/c1-4-35-24-12-18(14-26-27-25(30)15-36-21-8-5-16(2)11-17(21)3)6-9-23(24)37-22-10-7-19(28(31)32)13-20(22)29(33)34/h5-14H,4,15H2,1-3H3,(H,27,30)/b26-14-. The fourth-order valence-corrected chi connectivity index (χ4v) is 3.24. The van der Waals surface area contributed by atoms with Gasteiger partial charge in [-0.3, -0.25) is 25.0 Å². The van der Waals surface area contributed by atoms with E-state index < -0.39 is 27.1 Å². The van der Waals surface area contributed by atoms with Crippen molar-refractivity contribution in [3.8, 4) is 23.0 Å². The number of carbonyl (C=O) groups excluding carboxylic acids is 1. The molecular formula is C25H24N4O8. The number of ether oxygens (including phenoxy) is 3. The van der Waals surface area contributed by atoms with Crippen LogP contribution >= 0.6 is 0 Å². The molecule has 0 spiro atoms. The zero-order chi connectivity index (χ0) is 26.9. The Balaban J connectivity index is 1.69. The lowest BCUT2D eigenvalue weighted by Crippen LogP contribution is -2.24. The molecule has 0 heterocycles. The van der Waals surface area contributed by atoms with E-state index in [2.05, 4.69) is 10.5 Å². The molecule has 0 fully saturated rings. The van der Waals surface area contributed by atoms with Crippen molar-refractivity contribution in [2.75, 3.05) is 13.2 Å². The second-order valence-corrected chi connectivity index (χ2v) is 7.76. The molecule has 0 saturated carbocycles. The summed E-state index contributed by atoms with van der Waals surface area (Å²) in [6.45, 7) is 5.65. The van der Waals surface area contributed by atoms with Crippen LogP contribution in [0.3, 0.4) is 0 Å². The van der Waals surface area contributed by atoms with Crippen molar-refractivity contribution in [3.05, 3.63) is 91.5 Å². The molecule has 3 aromatic rings. The number of aryl methyl sites for hydroxylation is 2. The van der Waals surface area contributed by atoms with E-state index in [-0.39, 0.29) is 30.5 Å². The third-order valence-electron chi connectivity index (χ3n) is 4.93. The molecule has 12 nitrogen and oxygen atoms in total. The van der Waals surface area contributed by atoms with Gasteiger partial charge in [-0.05, 0) is 62.2 Å². The number of nitro benzene ring substituents is 2. The summed E-state index contributed by atoms with van der Waals surface area (Å²) < 4.78 is 16.8. The number of non-ortho nitro benzene ring substituents is 1. The molecular weight excluding hydrogens is 484 g/mol.